The van der Waals surface area contributed by atoms with Crippen LogP contribution in [0.3, 0.4) is 0 Å². The predicted octanol–water partition coefficient (Wildman–Crippen LogP) is 1.87. The van der Waals surface area contributed by atoms with Crippen molar-refractivity contribution in [3.8, 4) is 0 Å². The number of H-pyrrole nitrogens is 1. The number of carbonyl (C=O) groups excluding carboxylic acids is 1. The summed E-state index contributed by atoms with van der Waals surface area (Å²) < 4.78 is 0. The Labute approximate surface area is 121 Å². The maximum atomic E-state index is 12.1. The van der Waals surface area contributed by atoms with E-state index in [0.717, 1.165) is 28.5 Å². The van der Waals surface area contributed by atoms with Gasteiger partial charge in [0.2, 0.25) is 5.91 Å². The van der Waals surface area contributed by atoms with E-state index in [4.69, 9.17) is 5.73 Å². The largest absolute Gasteiger partial charge is 0.369 e. The highest BCUT2D eigenvalue weighted by atomic mass is 16.1. The molecule has 2 unspecified atom stereocenters. The van der Waals surface area contributed by atoms with Crippen molar-refractivity contribution in [2.75, 3.05) is 0 Å². The van der Waals surface area contributed by atoms with E-state index in [1.165, 1.54) is 0 Å². The summed E-state index contributed by atoms with van der Waals surface area (Å²) in [6.07, 6.45) is 5.96. The SMILES string of the molecule is NC(=O)C1(c2cccnc2)CC1c1ccc2[nH]ncc2c1. The Balaban J connectivity index is 1.78. The van der Waals surface area contributed by atoms with Gasteiger partial charge in [0, 0.05) is 23.7 Å². The summed E-state index contributed by atoms with van der Waals surface area (Å²) in [4.78, 5) is 16.2. The second-order valence-corrected chi connectivity index (χ2v) is 5.55. The molecule has 1 aliphatic carbocycles. The molecule has 5 nitrogen and oxygen atoms in total. The number of nitrogens with zero attached hydrogens (tertiary/aromatic N) is 2. The van der Waals surface area contributed by atoms with Gasteiger partial charge in [0.25, 0.3) is 0 Å². The first kappa shape index (κ1) is 12.1. The quantitative estimate of drug-likeness (QED) is 0.767. The molecule has 0 bridgehead atoms. The lowest BCUT2D eigenvalue weighted by Gasteiger charge is -2.13. The molecule has 1 fully saturated rings. The highest BCUT2D eigenvalue weighted by Crippen LogP contribution is 2.60. The van der Waals surface area contributed by atoms with Gasteiger partial charge in [-0.25, -0.2) is 0 Å². The minimum Gasteiger partial charge on any atom is -0.369 e. The number of primary amides is 1. The molecule has 3 aromatic rings. The molecule has 1 aromatic carbocycles. The van der Waals surface area contributed by atoms with Crippen LogP contribution in [0.5, 0.6) is 0 Å². The molecule has 3 N–H and O–H groups in total. The van der Waals surface area contributed by atoms with Crippen LogP contribution in [0.1, 0.15) is 23.5 Å². The summed E-state index contributed by atoms with van der Waals surface area (Å²) in [7, 11) is 0. The lowest BCUT2D eigenvalue weighted by atomic mass is 9.91. The van der Waals surface area contributed by atoms with E-state index in [1.54, 1.807) is 18.6 Å². The first-order chi connectivity index (χ1) is 10.2. The number of amides is 1. The average molecular weight is 278 g/mol. The number of pyridine rings is 1. The smallest absolute Gasteiger partial charge is 0.228 e. The molecule has 2 heterocycles. The Kier molecular flexibility index (Phi) is 2.39. The first-order valence-corrected chi connectivity index (χ1v) is 6.85. The lowest BCUT2D eigenvalue weighted by Crippen LogP contribution is -2.30. The highest BCUT2D eigenvalue weighted by Gasteiger charge is 2.60. The number of nitrogens with one attached hydrogen (secondary N) is 1. The molecule has 1 aliphatic rings. The maximum absolute atomic E-state index is 12.1. The Morgan fingerprint density at radius 1 is 1.33 bits per heavy atom. The number of fused-ring (bicyclic) bond motifs is 1. The van der Waals surface area contributed by atoms with Gasteiger partial charge in [0.15, 0.2) is 0 Å². The fraction of sp³-hybridized carbons (Fsp3) is 0.188. The number of benzene rings is 1. The lowest BCUT2D eigenvalue weighted by molar-refractivity contribution is -0.120. The third-order valence-electron chi connectivity index (χ3n) is 4.44. The third-order valence-corrected chi connectivity index (χ3v) is 4.44. The number of rotatable bonds is 3. The van der Waals surface area contributed by atoms with Crippen LogP contribution >= 0.6 is 0 Å². The molecule has 0 aliphatic heterocycles. The van der Waals surface area contributed by atoms with Crippen molar-refractivity contribution in [1.29, 1.82) is 0 Å². The second-order valence-electron chi connectivity index (χ2n) is 5.55. The Morgan fingerprint density at radius 3 is 3.00 bits per heavy atom. The van der Waals surface area contributed by atoms with Crippen LogP contribution in [0.2, 0.25) is 0 Å². The van der Waals surface area contributed by atoms with Crippen LogP contribution in [0, 0.1) is 0 Å². The minimum atomic E-state index is -0.619. The van der Waals surface area contributed by atoms with Crippen LogP contribution in [0.25, 0.3) is 10.9 Å². The standard InChI is InChI=1S/C16H14N4O/c17-15(21)16(12-2-1-5-18-9-12)7-13(16)10-3-4-14-11(6-10)8-19-20-14/h1-6,8-9,13H,7H2,(H2,17,21)(H,19,20). The van der Waals surface area contributed by atoms with Crippen molar-refractivity contribution < 1.29 is 4.79 Å². The molecule has 21 heavy (non-hydrogen) atoms. The van der Waals surface area contributed by atoms with Gasteiger partial charge in [-0.3, -0.25) is 14.9 Å². The van der Waals surface area contributed by atoms with E-state index in [2.05, 4.69) is 21.2 Å². The Bertz CT molecular complexity index is 826. The van der Waals surface area contributed by atoms with Gasteiger partial charge in [0.05, 0.1) is 17.1 Å². The van der Waals surface area contributed by atoms with Crippen LogP contribution < -0.4 is 5.73 Å². The van der Waals surface area contributed by atoms with Crippen LogP contribution in [0.4, 0.5) is 0 Å². The molecular formula is C16H14N4O. The summed E-state index contributed by atoms with van der Waals surface area (Å²) in [5.41, 5.74) is 8.09. The van der Waals surface area contributed by atoms with Gasteiger partial charge in [-0.15, -0.1) is 0 Å². The number of aromatic nitrogens is 3. The normalized spacial score (nSPS) is 24.1. The third kappa shape index (κ3) is 1.67. The van der Waals surface area contributed by atoms with Gasteiger partial charge in [-0.05, 0) is 35.7 Å². The molecule has 1 saturated carbocycles. The van der Waals surface area contributed by atoms with Crippen molar-refractivity contribution in [3.63, 3.8) is 0 Å². The summed E-state index contributed by atoms with van der Waals surface area (Å²) in [6, 6.07) is 9.87. The maximum Gasteiger partial charge on any atom is 0.228 e. The van der Waals surface area contributed by atoms with Crippen LogP contribution in [-0.4, -0.2) is 21.1 Å². The van der Waals surface area contributed by atoms with Gasteiger partial charge in [-0.2, -0.15) is 5.10 Å². The monoisotopic (exact) mass is 278 g/mol. The van der Waals surface area contributed by atoms with E-state index in [-0.39, 0.29) is 11.8 Å². The topological polar surface area (TPSA) is 84.7 Å². The average Bonchev–Trinajstić information content (AvgIpc) is 3.11. The van der Waals surface area contributed by atoms with Gasteiger partial charge in [0.1, 0.15) is 0 Å². The van der Waals surface area contributed by atoms with Gasteiger partial charge >= 0.3 is 0 Å². The highest BCUT2D eigenvalue weighted by molar-refractivity contribution is 5.92. The molecule has 2 atom stereocenters. The fourth-order valence-electron chi connectivity index (χ4n) is 3.20. The molecule has 5 heteroatoms. The molecule has 0 spiro atoms. The Hall–Kier alpha value is -2.69. The Morgan fingerprint density at radius 2 is 2.24 bits per heavy atom. The molecule has 0 saturated heterocycles. The molecule has 104 valence electrons. The van der Waals surface area contributed by atoms with Crippen molar-refractivity contribution in [2.45, 2.75) is 17.8 Å². The number of aromatic amines is 1. The van der Waals surface area contributed by atoms with Crippen molar-refractivity contribution in [1.82, 2.24) is 15.2 Å². The van der Waals surface area contributed by atoms with E-state index >= 15 is 0 Å². The number of hydrogen-bond donors (Lipinski definition) is 2. The predicted molar refractivity (Wildman–Crippen MR) is 78.6 cm³/mol. The van der Waals surface area contributed by atoms with E-state index in [1.807, 2.05) is 24.3 Å². The number of hydrogen-bond acceptors (Lipinski definition) is 3. The van der Waals surface area contributed by atoms with Gasteiger partial charge in [-0.1, -0.05) is 12.1 Å². The minimum absolute atomic E-state index is 0.110. The van der Waals surface area contributed by atoms with Crippen molar-refractivity contribution in [2.24, 2.45) is 5.73 Å². The van der Waals surface area contributed by atoms with Crippen molar-refractivity contribution in [3.05, 3.63) is 60.0 Å². The zero-order valence-corrected chi connectivity index (χ0v) is 11.3. The zero-order chi connectivity index (χ0) is 14.4. The molecule has 0 radical (unpaired) electrons. The molecule has 2 aromatic heterocycles. The summed E-state index contributed by atoms with van der Waals surface area (Å²) in [6.45, 7) is 0. The summed E-state index contributed by atoms with van der Waals surface area (Å²) in [5.74, 6) is -0.175. The first-order valence-electron chi connectivity index (χ1n) is 6.85. The fourth-order valence-corrected chi connectivity index (χ4v) is 3.20. The second kappa shape index (κ2) is 4.15. The molecular weight excluding hydrogens is 264 g/mol. The van der Waals surface area contributed by atoms with Crippen LogP contribution in [-0.2, 0) is 10.2 Å². The molecule has 1 amide bonds. The van der Waals surface area contributed by atoms with Crippen LogP contribution in [0.15, 0.2) is 48.9 Å². The molecule has 4 rings (SSSR count). The summed E-state index contributed by atoms with van der Waals surface area (Å²) >= 11 is 0. The zero-order valence-electron chi connectivity index (χ0n) is 11.3. The van der Waals surface area contributed by atoms with E-state index in [9.17, 15) is 4.79 Å². The van der Waals surface area contributed by atoms with Gasteiger partial charge < -0.3 is 5.73 Å². The number of carbonyl (C=O) groups is 1. The summed E-state index contributed by atoms with van der Waals surface area (Å²) in [5, 5.41) is 8.00. The van der Waals surface area contributed by atoms with E-state index < -0.39 is 5.41 Å². The number of nitrogens with two attached hydrogens (primary N) is 1. The van der Waals surface area contributed by atoms with E-state index in [0.29, 0.717) is 0 Å². The van der Waals surface area contributed by atoms with Crippen molar-refractivity contribution >= 4 is 16.8 Å².